The van der Waals surface area contributed by atoms with Crippen LogP contribution in [0.25, 0.3) is 55.7 Å². The van der Waals surface area contributed by atoms with Gasteiger partial charge in [0.1, 0.15) is 29.4 Å². The lowest BCUT2D eigenvalue weighted by Crippen LogP contribution is -2.19. The monoisotopic (exact) mass is 576 g/mol. The summed E-state index contributed by atoms with van der Waals surface area (Å²) in [6, 6.07) is 13.0. The van der Waals surface area contributed by atoms with Crippen LogP contribution in [0.4, 0.5) is 4.39 Å². The number of ether oxygens (including phenoxy) is 1. The summed E-state index contributed by atoms with van der Waals surface area (Å²) < 4.78 is 20.5. The van der Waals surface area contributed by atoms with Crippen molar-refractivity contribution in [1.29, 1.82) is 0 Å². The van der Waals surface area contributed by atoms with Crippen LogP contribution >= 0.6 is 0 Å². The zero-order chi connectivity index (χ0) is 29.3. The highest BCUT2D eigenvalue weighted by Gasteiger charge is 2.17. The summed E-state index contributed by atoms with van der Waals surface area (Å²) in [4.78, 5) is 21.9. The number of halogens is 1. The lowest BCUT2D eigenvalue weighted by molar-refractivity contribution is 0.260. The number of likely N-dealkylation sites (tertiary alicyclic amines) is 1. The van der Waals surface area contributed by atoms with E-state index in [0.717, 1.165) is 70.6 Å². The van der Waals surface area contributed by atoms with Crippen LogP contribution in [0.1, 0.15) is 18.4 Å². The molecule has 9 nitrogen and oxygen atoms in total. The Hall–Kier alpha value is -4.67. The third-order valence-corrected chi connectivity index (χ3v) is 7.89. The van der Waals surface area contributed by atoms with Gasteiger partial charge in [-0.1, -0.05) is 0 Å². The van der Waals surface area contributed by atoms with Crippen molar-refractivity contribution < 1.29 is 9.13 Å². The Morgan fingerprint density at radius 3 is 2.65 bits per heavy atom. The highest BCUT2D eigenvalue weighted by Crippen LogP contribution is 2.35. The SMILES string of the molecule is CN(C)CCOc1cc(F)cc(-c2cncc3[nH]c(-c4n[nH]c5ccc(-c6cncc(CN7CCCC7)c6)nc45)cc23)c1. The largest absolute Gasteiger partial charge is 0.492 e. The molecule has 6 aromatic rings. The van der Waals surface area contributed by atoms with Crippen LogP contribution in [-0.2, 0) is 6.54 Å². The van der Waals surface area contributed by atoms with Crippen LogP contribution in [0.3, 0.4) is 0 Å². The summed E-state index contributed by atoms with van der Waals surface area (Å²) in [7, 11) is 3.94. The zero-order valence-corrected chi connectivity index (χ0v) is 24.3. The molecule has 5 aromatic heterocycles. The Morgan fingerprint density at radius 2 is 1.79 bits per heavy atom. The molecule has 218 valence electrons. The van der Waals surface area contributed by atoms with Gasteiger partial charge in [-0.3, -0.25) is 20.0 Å². The van der Waals surface area contributed by atoms with E-state index in [1.54, 1.807) is 12.4 Å². The molecule has 1 aliphatic rings. The second-order valence-electron chi connectivity index (χ2n) is 11.4. The summed E-state index contributed by atoms with van der Waals surface area (Å²) in [6.07, 6.45) is 9.83. The maximum atomic E-state index is 14.7. The summed E-state index contributed by atoms with van der Waals surface area (Å²) in [5.74, 6) is 0.123. The molecular formula is C33H33FN8O. The van der Waals surface area contributed by atoms with E-state index >= 15 is 0 Å². The molecule has 43 heavy (non-hydrogen) atoms. The number of nitrogens with zero attached hydrogens (tertiary/aromatic N) is 6. The Balaban J connectivity index is 1.22. The quantitative estimate of drug-likeness (QED) is 0.221. The fourth-order valence-electron chi connectivity index (χ4n) is 5.72. The highest BCUT2D eigenvalue weighted by molar-refractivity contribution is 6.00. The number of hydrogen-bond acceptors (Lipinski definition) is 7. The van der Waals surface area contributed by atoms with Crippen molar-refractivity contribution in [2.45, 2.75) is 19.4 Å². The maximum absolute atomic E-state index is 14.7. The van der Waals surface area contributed by atoms with Crippen LogP contribution < -0.4 is 4.74 Å². The number of fused-ring (bicyclic) bond motifs is 2. The number of aromatic amines is 2. The summed E-state index contributed by atoms with van der Waals surface area (Å²) >= 11 is 0. The first-order valence-electron chi connectivity index (χ1n) is 14.6. The number of aromatic nitrogens is 6. The summed E-state index contributed by atoms with van der Waals surface area (Å²) in [5.41, 5.74) is 8.39. The van der Waals surface area contributed by atoms with E-state index in [1.165, 1.54) is 30.5 Å². The molecule has 0 unspecified atom stereocenters. The number of nitrogens with one attached hydrogen (secondary N) is 2. The molecule has 0 atom stereocenters. The van der Waals surface area contributed by atoms with E-state index < -0.39 is 0 Å². The topological polar surface area (TPSA) is 98.8 Å². The first-order chi connectivity index (χ1) is 21.0. The van der Waals surface area contributed by atoms with Crippen LogP contribution in [0, 0.1) is 5.82 Å². The van der Waals surface area contributed by atoms with Gasteiger partial charge >= 0.3 is 0 Å². The van der Waals surface area contributed by atoms with Crippen molar-refractivity contribution in [3.63, 3.8) is 0 Å². The van der Waals surface area contributed by atoms with Gasteiger partial charge < -0.3 is 14.6 Å². The minimum atomic E-state index is -0.362. The van der Waals surface area contributed by atoms with Crippen molar-refractivity contribution in [3.8, 4) is 39.5 Å². The van der Waals surface area contributed by atoms with Gasteiger partial charge in [-0.15, -0.1) is 0 Å². The molecule has 1 aliphatic heterocycles. The lowest BCUT2D eigenvalue weighted by atomic mass is 10.0. The number of rotatable bonds is 9. The van der Waals surface area contributed by atoms with Crippen LogP contribution in [0.5, 0.6) is 5.75 Å². The normalized spacial score (nSPS) is 14.0. The van der Waals surface area contributed by atoms with E-state index in [-0.39, 0.29) is 5.82 Å². The number of pyridine rings is 3. The molecule has 0 radical (unpaired) electrons. The molecular weight excluding hydrogens is 543 g/mol. The Bertz CT molecular complexity index is 1910. The van der Waals surface area contributed by atoms with E-state index in [0.29, 0.717) is 23.6 Å². The number of H-pyrrole nitrogens is 2. The van der Waals surface area contributed by atoms with Gasteiger partial charge in [0.2, 0.25) is 0 Å². The van der Waals surface area contributed by atoms with Crippen LogP contribution in [0.15, 0.2) is 67.3 Å². The number of benzene rings is 1. The van der Waals surface area contributed by atoms with Gasteiger partial charge in [-0.05, 0) is 87.6 Å². The number of hydrogen-bond donors (Lipinski definition) is 2. The highest BCUT2D eigenvalue weighted by atomic mass is 19.1. The van der Waals surface area contributed by atoms with Crippen molar-refractivity contribution in [1.82, 2.24) is 39.9 Å². The van der Waals surface area contributed by atoms with Crippen molar-refractivity contribution in [2.24, 2.45) is 0 Å². The van der Waals surface area contributed by atoms with Gasteiger partial charge in [0.15, 0.2) is 0 Å². The zero-order valence-electron chi connectivity index (χ0n) is 24.3. The molecule has 10 heteroatoms. The van der Waals surface area contributed by atoms with E-state index in [9.17, 15) is 4.39 Å². The number of likely N-dealkylation sites (N-methyl/N-ethyl adjacent to an activating group) is 1. The first-order valence-corrected chi connectivity index (χ1v) is 14.6. The predicted octanol–water partition coefficient (Wildman–Crippen LogP) is 5.91. The third kappa shape index (κ3) is 5.71. The first kappa shape index (κ1) is 27.2. The Kier molecular flexibility index (Phi) is 7.30. The fourth-order valence-corrected chi connectivity index (χ4v) is 5.72. The maximum Gasteiger partial charge on any atom is 0.135 e. The van der Waals surface area contributed by atoms with E-state index in [1.807, 2.05) is 55.7 Å². The lowest BCUT2D eigenvalue weighted by Gasteiger charge is -2.14. The minimum absolute atomic E-state index is 0.362. The molecule has 7 rings (SSSR count). The molecule has 6 heterocycles. The van der Waals surface area contributed by atoms with E-state index in [4.69, 9.17) is 9.72 Å². The standard InChI is InChI=1S/C33H33FN8O/c1-41(2)9-10-43-25-13-22(12-24(34)14-25)27-18-36-19-31-26(27)15-30(37-31)33-32-29(39-40-33)6-5-28(38-32)23-11-21(16-35-17-23)20-42-7-3-4-8-42/h5-6,11-19,37H,3-4,7-10,20H2,1-2H3,(H,39,40). The smallest absolute Gasteiger partial charge is 0.135 e. The molecule has 2 N–H and O–H groups in total. The van der Waals surface area contributed by atoms with Gasteiger partial charge in [0, 0.05) is 54.3 Å². The predicted molar refractivity (Wildman–Crippen MR) is 166 cm³/mol. The molecule has 0 saturated carbocycles. The Morgan fingerprint density at radius 1 is 0.930 bits per heavy atom. The van der Waals surface area contributed by atoms with Crippen molar-refractivity contribution in [3.05, 3.63) is 78.6 Å². The minimum Gasteiger partial charge on any atom is -0.492 e. The van der Waals surface area contributed by atoms with Crippen molar-refractivity contribution in [2.75, 3.05) is 40.3 Å². The Labute approximate surface area is 248 Å². The second kappa shape index (κ2) is 11.5. The molecule has 1 aromatic carbocycles. The summed E-state index contributed by atoms with van der Waals surface area (Å²) in [5, 5.41) is 8.64. The van der Waals surface area contributed by atoms with Gasteiger partial charge in [-0.2, -0.15) is 5.10 Å². The average molecular weight is 577 g/mol. The second-order valence-corrected chi connectivity index (χ2v) is 11.4. The van der Waals surface area contributed by atoms with Gasteiger partial charge in [0.25, 0.3) is 0 Å². The van der Waals surface area contributed by atoms with Gasteiger partial charge in [-0.25, -0.2) is 9.37 Å². The molecule has 0 amide bonds. The fraction of sp³-hybridized carbons (Fsp3) is 0.273. The van der Waals surface area contributed by atoms with E-state index in [2.05, 4.69) is 36.1 Å². The molecule has 1 saturated heterocycles. The molecule has 1 fully saturated rings. The van der Waals surface area contributed by atoms with Crippen LogP contribution in [0.2, 0.25) is 0 Å². The van der Waals surface area contributed by atoms with Crippen molar-refractivity contribution >= 4 is 21.9 Å². The molecule has 0 spiro atoms. The van der Waals surface area contributed by atoms with Gasteiger partial charge in [0.05, 0.1) is 28.6 Å². The average Bonchev–Trinajstić information content (AvgIpc) is 3.76. The molecule has 0 aliphatic carbocycles. The third-order valence-electron chi connectivity index (χ3n) is 7.89. The molecule has 0 bridgehead atoms. The van der Waals surface area contributed by atoms with Crippen LogP contribution in [-0.4, -0.2) is 80.3 Å². The summed E-state index contributed by atoms with van der Waals surface area (Å²) in [6.45, 7) is 4.38.